The van der Waals surface area contributed by atoms with Gasteiger partial charge in [0.05, 0.1) is 0 Å². The van der Waals surface area contributed by atoms with E-state index in [1.807, 2.05) is 0 Å². The number of nitrogens with one attached hydrogen (secondary N) is 1. The van der Waals surface area contributed by atoms with E-state index in [0.717, 1.165) is 24.7 Å². The highest BCUT2D eigenvalue weighted by Gasteiger charge is 2.50. The molecule has 16 heavy (non-hydrogen) atoms. The van der Waals surface area contributed by atoms with Crippen LogP contribution in [0.5, 0.6) is 0 Å². The van der Waals surface area contributed by atoms with Crippen molar-refractivity contribution in [2.75, 3.05) is 6.54 Å². The lowest BCUT2D eigenvalue weighted by Crippen LogP contribution is -2.25. The molecule has 0 amide bonds. The molecule has 1 aliphatic rings. The lowest BCUT2D eigenvalue weighted by Gasteiger charge is -2.04. The van der Waals surface area contributed by atoms with Gasteiger partial charge in [-0.2, -0.15) is 0 Å². The van der Waals surface area contributed by atoms with Crippen LogP contribution in [0.1, 0.15) is 51.8 Å². The fourth-order valence-electron chi connectivity index (χ4n) is 1.86. The highest BCUT2D eigenvalue weighted by Crippen LogP contribution is 2.58. The lowest BCUT2D eigenvalue weighted by atomic mass is 10.1. The molecule has 1 aromatic heterocycles. The minimum absolute atomic E-state index is 0.361. The van der Waals surface area contributed by atoms with Crippen molar-refractivity contribution in [1.29, 1.82) is 0 Å². The van der Waals surface area contributed by atoms with Gasteiger partial charge in [-0.25, -0.2) is 0 Å². The Morgan fingerprint density at radius 1 is 1.44 bits per heavy atom. The average Bonchev–Trinajstić information content (AvgIpc) is 2.60. The third kappa shape index (κ3) is 2.61. The van der Waals surface area contributed by atoms with Crippen molar-refractivity contribution in [3.05, 3.63) is 11.8 Å². The molecule has 1 atom stereocenters. The van der Waals surface area contributed by atoms with E-state index < -0.39 is 0 Å². The first-order valence-corrected chi connectivity index (χ1v) is 6.05. The first-order chi connectivity index (χ1) is 7.49. The summed E-state index contributed by atoms with van der Waals surface area (Å²) in [6.45, 7) is 9.63. The monoisotopic (exact) mass is 223 g/mol. The topological polar surface area (TPSA) is 51.0 Å². The predicted molar refractivity (Wildman–Crippen MR) is 62.3 cm³/mol. The molecule has 0 aromatic carbocycles. The Morgan fingerprint density at radius 3 is 2.69 bits per heavy atom. The molecule has 1 saturated carbocycles. The van der Waals surface area contributed by atoms with E-state index in [-0.39, 0.29) is 0 Å². The highest BCUT2D eigenvalue weighted by atomic mass is 16.4. The molecule has 0 aliphatic heterocycles. The Balaban J connectivity index is 1.84. The summed E-state index contributed by atoms with van der Waals surface area (Å²) in [5.41, 5.74) is 0.361. The molecule has 2 rings (SSSR count). The van der Waals surface area contributed by atoms with E-state index in [9.17, 15) is 0 Å². The molecule has 0 bridgehead atoms. The highest BCUT2D eigenvalue weighted by molar-refractivity contribution is 5.12. The second kappa shape index (κ2) is 4.17. The quantitative estimate of drug-likeness (QED) is 0.830. The zero-order valence-corrected chi connectivity index (χ0v) is 10.6. The maximum Gasteiger partial charge on any atom is 0.220 e. The molecular formula is C12H21N3O. The van der Waals surface area contributed by atoms with Gasteiger partial charge in [0.25, 0.3) is 0 Å². The summed E-state index contributed by atoms with van der Waals surface area (Å²) in [5.74, 6) is 2.06. The average molecular weight is 223 g/mol. The largest absolute Gasteiger partial charge is 0.425 e. The molecular weight excluding hydrogens is 202 g/mol. The second-order valence-electron chi connectivity index (χ2n) is 5.64. The fraction of sp³-hybridized carbons (Fsp3) is 0.833. The Bertz CT molecular complexity index is 357. The van der Waals surface area contributed by atoms with Gasteiger partial charge in [0, 0.05) is 24.9 Å². The summed E-state index contributed by atoms with van der Waals surface area (Å²) in [7, 11) is 0. The van der Waals surface area contributed by atoms with E-state index in [4.69, 9.17) is 4.42 Å². The zero-order chi connectivity index (χ0) is 11.8. The third-order valence-corrected chi connectivity index (χ3v) is 3.19. The molecule has 1 aromatic rings. The van der Waals surface area contributed by atoms with Gasteiger partial charge in [0.2, 0.25) is 11.8 Å². The first kappa shape index (κ1) is 11.6. The lowest BCUT2D eigenvalue weighted by molar-refractivity contribution is 0.425. The van der Waals surface area contributed by atoms with Crippen molar-refractivity contribution in [3.8, 4) is 0 Å². The number of hydrogen-bond acceptors (Lipinski definition) is 4. The minimum atomic E-state index is 0.361. The van der Waals surface area contributed by atoms with Gasteiger partial charge < -0.3 is 9.73 Å². The van der Waals surface area contributed by atoms with Gasteiger partial charge in [-0.1, -0.05) is 27.7 Å². The zero-order valence-electron chi connectivity index (χ0n) is 10.6. The standard InChI is InChI=1S/C12H21N3O/c1-8(2)13-6-5-10-14-15-11(16-10)9-7-12(9,3)4/h8-9,13H,5-7H2,1-4H3. The van der Waals surface area contributed by atoms with E-state index in [1.165, 1.54) is 6.42 Å². The second-order valence-corrected chi connectivity index (χ2v) is 5.64. The van der Waals surface area contributed by atoms with Crippen LogP contribution in [-0.2, 0) is 6.42 Å². The van der Waals surface area contributed by atoms with Crippen molar-refractivity contribution in [1.82, 2.24) is 15.5 Å². The van der Waals surface area contributed by atoms with Gasteiger partial charge in [-0.15, -0.1) is 10.2 Å². The summed E-state index contributed by atoms with van der Waals surface area (Å²) in [6.07, 6.45) is 1.98. The Kier molecular flexibility index (Phi) is 3.02. The van der Waals surface area contributed by atoms with Gasteiger partial charge in [0.1, 0.15) is 0 Å². The molecule has 90 valence electrons. The molecule has 1 aliphatic carbocycles. The van der Waals surface area contributed by atoms with E-state index in [1.54, 1.807) is 0 Å². The van der Waals surface area contributed by atoms with Crippen LogP contribution in [0.2, 0.25) is 0 Å². The minimum Gasteiger partial charge on any atom is -0.425 e. The Hall–Kier alpha value is -0.900. The maximum absolute atomic E-state index is 5.66. The Labute approximate surface area is 96.8 Å². The summed E-state index contributed by atoms with van der Waals surface area (Å²) in [6, 6.07) is 0.504. The molecule has 4 nitrogen and oxygen atoms in total. The smallest absolute Gasteiger partial charge is 0.220 e. The third-order valence-electron chi connectivity index (χ3n) is 3.19. The van der Waals surface area contributed by atoms with E-state index in [2.05, 4.69) is 43.2 Å². The number of aromatic nitrogens is 2. The van der Waals surface area contributed by atoms with Crippen LogP contribution in [-0.4, -0.2) is 22.8 Å². The molecule has 1 fully saturated rings. The maximum atomic E-state index is 5.66. The summed E-state index contributed by atoms with van der Waals surface area (Å²) < 4.78 is 5.66. The molecule has 1 heterocycles. The van der Waals surface area contributed by atoms with E-state index in [0.29, 0.717) is 17.4 Å². The number of hydrogen-bond donors (Lipinski definition) is 1. The molecule has 1 N–H and O–H groups in total. The van der Waals surface area contributed by atoms with Gasteiger partial charge >= 0.3 is 0 Å². The van der Waals surface area contributed by atoms with Crippen LogP contribution in [0, 0.1) is 5.41 Å². The molecule has 0 spiro atoms. The summed E-state index contributed by atoms with van der Waals surface area (Å²) >= 11 is 0. The van der Waals surface area contributed by atoms with Crippen molar-refractivity contribution in [2.24, 2.45) is 5.41 Å². The molecule has 1 unspecified atom stereocenters. The molecule has 4 heteroatoms. The van der Waals surface area contributed by atoms with E-state index >= 15 is 0 Å². The van der Waals surface area contributed by atoms with Crippen LogP contribution in [0.25, 0.3) is 0 Å². The summed E-state index contributed by atoms with van der Waals surface area (Å²) in [4.78, 5) is 0. The van der Waals surface area contributed by atoms with Crippen LogP contribution in [0.4, 0.5) is 0 Å². The Morgan fingerprint density at radius 2 is 2.12 bits per heavy atom. The normalized spacial score (nSPS) is 22.7. The van der Waals surface area contributed by atoms with Gasteiger partial charge in [0.15, 0.2) is 0 Å². The number of rotatable bonds is 5. The SMILES string of the molecule is CC(C)NCCc1nnc(C2CC2(C)C)o1. The van der Waals surface area contributed by atoms with Crippen LogP contribution < -0.4 is 5.32 Å². The van der Waals surface area contributed by atoms with Crippen LogP contribution in [0.3, 0.4) is 0 Å². The fourth-order valence-corrected chi connectivity index (χ4v) is 1.86. The van der Waals surface area contributed by atoms with Crippen molar-refractivity contribution in [2.45, 2.75) is 52.5 Å². The molecule has 0 saturated heterocycles. The van der Waals surface area contributed by atoms with Gasteiger partial charge in [-0.3, -0.25) is 0 Å². The van der Waals surface area contributed by atoms with Crippen molar-refractivity contribution in [3.63, 3.8) is 0 Å². The first-order valence-electron chi connectivity index (χ1n) is 6.05. The van der Waals surface area contributed by atoms with Crippen LogP contribution >= 0.6 is 0 Å². The van der Waals surface area contributed by atoms with Crippen molar-refractivity contribution >= 4 is 0 Å². The van der Waals surface area contributed by atoms with Gasteiger partial charge in [-0.05, 0) is 11.8 Å². The van der Waals surface area contributed by atoms with Crippen molar-refractivity contribution < 1.29 is 4.42 Å². The molecule has 0 radical (unpaired) electrons. The van der Waals surface area contributed by atoms with Crippen LogP contribution in [0.15, 0.2) is 4.42 Å². The summed E-state index contributed by atoms with van der Waals surface area (Å²) in [5, 5.41) is 11.5. The number of nitrogens with zero attached hydrogens (tertiary/aromatic N) is 2. The predicted octanol–water partition coefficient (Wildman–Crippen LogP) is 2.12.